The second kappa shape index (κ2) is 5.93. The van der Waals surface area contributed by atoms with Gasteiger partial charge < -0.3 is 19.5 Å². The largest absolute Gasteiger partial charge is 0.377 e. The van der Waals surface area contributed by atoms with Crippen molar-refractivity contribution in [3.8, 4) is 0 Å². The molecule has 2 aliphatic heterocycles. The Balaban J connectivity index is 1.71. The van der Waals surface area contributed by atoms with Crippen molar-refractivity contribution in [3.63, 3.8) is 0 Å². The predicted molar refractivity (Wildman–Crippen MR) is 72.3 cm³/mol. The minimum absolute atomic E-state index is 0.0210. The monoisotopic (exact) mass is 279 g/mol. The quantitative estimate of drug-likeness (QED) is 0.896. The molecule has 6 nitrogen and oxygen atoms in total. The van der Waals surface area contributed by atoms with Gasteiger partial charge in [0.2, 0.25) is 0 Å². The smallest absolute Gasteiger partial charge is 0.276 e. The van der Waals surface area contributed by atoms with E-state index in [4.69, 9.17) is 9.26 Å². The summed E-state index contributed by atoms with van der Waals surface area (Å²) in [5, 5.41) is 7.38. The molecule has 2 unspecified atom stereocenters. The highest BCUT2D eigenvalue weighted by Crippen LogP contribution is 2.26. The molecule has 3 heterocycles. The number of likely N-dealkylation sites (tertiary alicyclic amines) is 1. The van der Waals surface area contributed by atoms with E-state index in [1.807, 2.05) is 4.90 Å². The van der Waals surface area contributed by atoms with Crippen LogP contribution in [0.3, 0.4) is 0 Å². The molecule has 0 saturated carbocycles. The SMILES string of the molecule is COCc1cc(C(=O)N2CCCC2C2CCCN2)no1. The van der Waals surface area contributed by atoms with Crippen LogP contribution in [0.15, 0.2) is 10.6 Å². The number of carbonyl (C=O) groups is 1. The molecule has 2 aliphatic rings. The highest BCUT2D eigenvalue weighted by molar-refractivity contribution is 5.92. The molecular formula is C14H21N3O3. The van der Waals surface area contributed by atoms with Crippen LogP contribution in [0.5, 0.6) is 0 Å². The highest BCUT2D eigenvalue weighted by Gasteiger charge is 2.37. The zero-order valence-corrected chi connectivity index (χ0v) is 11.8. The van der Waals surface area contributed by atoms with Crippen LogP contribution in [0.2, 0.25) is 0 Å². The molecule has 0 bridgehead atoms. The average molecular weight is 279 g/mol. The molecule has 0 radical (unpaired) electrons. The van der Waals surface area contributed by atoms with Crippen LogP contribution in [-0.2, 0) is 11.3 Å². The molecule has 2 fully saturated rings. The summed E-state index contributed by atoms with van der Waals surface area (Å²) in [6.45, 7) is 2.22. The lowest BCUT2D eigenvalue weighted by Crippen LogP contribution is -2.46. The van der Waals surface area contributed by atoms with Gasteiger partial charge in [0.05, 0.1) is 0 Å². The number of hydrogen-bond donors (Lipinski definition) is 1. The van der Waals surface area contributed by atoms with Crippen LogP contribution in [0.4, 0.5) is 0 Å². The Labute approximate surface area is 118 Å². The average Bonchev–Trinajstić information content (AvgIpc) is 3.19. The summed E-state index contributed by atoms with van der Waals surface area (Å²) < 4.78 is 10.1. The van der Waals surface area contributed by atoms with E-state index in [9.17, 15) is 4.79 Å². The third-order valence-corrected chi connectivity index (χ3v) is 4.19. The molecular weight excluding hydrogens is 258 g/mol. The molecule has 1 N–H and O–H groups in total. The number of hydrogen-bond acceptors (Lipinski definition) is 5. The summed E-state index contributed by atoms with van der Waals surface area (Å²) in [5.74, 6) is 0.567. The number of nitrogens with zero attached hydrogens (tertiary/aromatic N) is 2. The van der Waals surface area contributed by atoms with E-state index >= 15 is 0 Å². The lowest BCUT2D eigenvalue weighted by atomic mass is 10.0. The first-order chi connectivity index (χ1) is 9.79. The van der Waals surface area contributed by atoms with E-state index in [0.29, 0.717) is 30.1 Å². The van der Waals surface area contributed by atoms with Gasteiger partial charge in [0.25, 0.3) is 5.91 Å². The Bertz CT molecular complexity index is 468. The number of ether oxygens (including phenoxy) is 1. The summed E-state index contributed by atoms with van der Waals surface area (Å²) in [6.07, 6.45) is 4.50. The zero-order chi connectivity index (χ0) is 13.9. The van der Waals surface area contributed by atoms with Crippen LogP contribution in [-0.4, -0.2) is 48.2 Å². The van der Waals surface area contributed by atoms with Crippen molar-refractivity contribution in [1.29, 1.82) is 0 Å². The maximum absolute atomic E-state index is 12.6. The van der Waals surface area contributed by atoms with Gasteiger partial charge in [-0.1, -0.05) is 5.16 Å². The van der Waals surface area contributed by atoms with Gasteiger partial charge in [0.15, 0.2) is 11.5 Å². The van der Waals surface area contributed by atoms with E-state index in [1.54, 1.807) is 13.2 Å². The number of aromatic nitrogens is 1. The van der Waals surface area contributed by atoms with E-state index in [2.05, 4.69) is 10.5 Å². The van der Waals surface area contributed by atoms with Crippen molar-refractivity contribution in [2.24, 2.45) is 0 Å². The molecule has 3 rings (SSSR count). The van der Waals surface area contributed by atoms with E-state index in [0.717, 1.165) is 32.4 Å². The lowest BCUT2D eigenvalue weighted by Gasteiger charge is -2.28. The molecule has 1 aromatic rings. The maximum atomic E-state index is 12.6. The van der Waals surface area contributed by atoms with Crippen molar-refractivity contribution in [2.45, 2.75) is 44.4 Å². The molecule has 0 spiro atoms. The highest BCUT2D eigenvalue weighted by atomic mass is 16.5. The number of amides is 1. The summed E-state index contributed by atoms with van der Waals surface area (Å²) in [6, 6.07) is 2.42. The number of methoxy groups -OCH3 is 1. The standard InChI is InChI=1S/C14H21N3O3/c1-19-9-10-8-12(16-20-10)14(18)17-7-3-5-13(17)11-4-2-6-15-11/h8,11,13,15H,2-7,9H2,1H3. The predicted octanol–water partition coefficient (Wildman–Crippen LogP) is 1.18. The normalized spacial score (nSPS) is 26.4. The summed E-state index contributed by atoms with van der Waals surface area (Å²) in [5.41, 5.74) is 0.391. The van der Waals surface area contributed by atoms with Crippen LogP contribution >= 0.6 is 0 Å². The van der Waals surface area contributed by atoms with E-state index in [-0.39, 0.29) is 5.91 Å². The third-order valence-electron chi connectivity index (χ3n) is 4.19. The van der Waals surface area contributed by atoms with E-state index < -0.39 is 0 Å². The number of nitrogens with one attached hydrogen (secondary N) is 1. The molecule has 110 valence electrons. The minimum Gasteiger partial charge on any atom is -0.377 e. The van der Waals surface area contributed by atoms with Crippen LogP contribution in [0.1, 0.15) is 41.9 Å². The Morgan fingerprint density at radius 1 is 1.55 bits per heavy atom. The maximum Gasteiger partial charge on any atom is 0.276 e. The second-order valence-corrected chi connectivity index (χ2v) is 5.52. The molecule has 2 atom stereocenters. The Morgan fingerprint density at radius 2 is 2.45 bits per heavy atom. The van der Waals surface area contributed by atoms with Gasteiger partial charge in [-0.05, 0) is 32.2 Å². The van der Waals surface area contributed by atoms with Gasteiger partial charge in [-0.15, -0.1) is 0 Å². The number of rotatable bonds is 4. The molecule has 0 aromatic carbocycles. The molecule has 1 amide bonds. The van der Waals surface area contributed by atoms with Crippen LogP contribution < -0.4 is 5.32 Å². The van der Waals surface area contributed by atoms with Gasteiger partial charge in [-0.25, -0.2) is 0 Å². The third kappa shape index (κ3) is 2.58. The summed E-state index contributed by atoms with van der Waals surface area (Å²) in [7, 11) is 1.59. The Kier molecular flexibility index (Phi) is 4.03. The van der Waals surface area contributed by atoms with Crippen molar-refractivity contribution in [2.75, 3.05) is 20.2 Å². The first-order valence-electron chi connectivity index (χ1n) is 7.28. The van der Waals surface area contributed by atoms with Crippen LogP contribution in [0.25, 0.3) is 0 Å². The fraction of sp³-hybridized carbons (Fsp3) is 0.714. The van der Waals surface area contributed by atoms with Gasteiger partial charge in [0, 0.05) is 31.8 Å². The van der Waals surface area contributed by atoms with Gasteiger partial charge in [-0.2, -0.15) is 0 Å². The first kappa shape index (κ1) is 13.6. The van der Waals surface area contributed by atoms with Crippen LogP contribution in [0, 0.1) is 0 Å². The minimum atomic E-state index is -0.0210. The Hall–Kier alpha value is -1.40. The molecule has 0 aliphatic carbocycles. The lowest BCUT2D eigenvalue weighted by molar-refractivity contribution is 0.0700. The fourth-order valence-electron chi connectivity index (χ4n) is 3.27. The van der Waals surface area contributed by atoms with Crippen molar-refractivity contribution in [3.05, 3.63) is 17.5 Å². The van der Waals surface area contributed by atoms with E-state index in [1.165, 1.54) is 6.42 Å². The fourth-order valence-corrected chi connectivity index (χ4v) is 3.27. The van der Waals surface area contributed by atoms with Crippen molar-refractivity contribution < 1.29 is 14.1 Å². The molecule has 6 heteroatoms. The van der Waals surface area contributed by atoms with Gasteiger partial charge in [-0.3, -0.25) is 4.79 Å². The summed E-state index contributed by atoms with van der Waals surface area (Å²) in [4.78, 5) is 14.5. The Morgan fingerprint density at radius 3 is 3.20 bits per heavy atom. The van der Waals surface area contributed by atoms with Gasteiger partial charge in [0.1, 0.15) is 6.61 Å². The summed E-state index contributed by atoms with van der Waals surface area (Å²) >= 11 is 0. The van der Waals surface area contributed by atoms with Gasteiger partial charge >= 0.3 is 0 Å². The molecule has 20 heavy (non-hydrogen) atoms. The van der Waals surface area contributed by atoms with Crippen molar-refractivity contribution in [1.82, 2.24) is 15.4 Å². The number of carbonyl (C=O) groups excluding carboxylic acids is 1. The zero-order valence-electron chi connectivity index (χ0n) is 11.8. The molecule has 2 saturated heterocycles. The van der Waals surface area contributed by atoms with Crippen molar-refractivity contribution >= 4 is 5.91 Å². The first-order valence-corrected chi connectivity index (χ1v) is 7.28. The second-order valence-electron chi connectivity index (χ2n) is 5.52. The topological polar surface area (TPSA) is 67.6 Å². The molecule has 1 aromatic heterocycles.